The Morgan fingerprint density at radius 3 is 2.20 bits per heavy atom. The van der Waals surface area contributed by atoms with E-state index in [1.165, 1.54) is 18.2 Å². The number of nitrogens with one attached hydrogen (secondary N) is 2. The third kappa shape index (κ3) is 13.9. The van der Waals surface area contributed by atoms with Crippen molar-refractivity contribution in [3.63, 3.8) is 0 Å². The van der Waals surface area contributed by atoms with E-state index >= 15 is 0 Å². The third-order valence-corrected chi connectivity index (χ3v) is 6.14. The lowest BCUT2D eigenvalue weighted by Gasteiger charge is -2.27. The standard InChI is InChI=1S/C29H36N4O4.C4H10O.C2H6/c1-7-9-22(8-2)14-24(18-36-5)33(19-34)28(35)15-26-20(3)27(16-30)29(32-21(26)4)31-17-23-10-12-25(37-6)13-11-23;1-4(2,3)5;1-2/h7-13,16,19,24,30H,1-2,14-15,17-18H2,3-6H3,(H,31,32);5H,1-3H3;1-2H3/b22-9+,30-16?;;. The summed E-state index contributed by atoms with van der Waals surface area (Å²) in [5, 5.41) is 19.8. The van der Waals surface area contributed by atoms with Crippen molar-refractivity contribution in [3.05, 3.63) is 89.2 Å². The summed E-state index contributed by atoms with van der Waals surface area (Å²) in [7, 11) is 3.15. The van der Waals surface area contributed by atoms with Crippen molar-refractivity contribution in [2.24, 2.45) is 0 Å². The molecule has 1 aromatic heterocycles. The Hall–Kier alpha value is -4.08. The maximum atomic E-state index is 13.3. The lowest BCUT2D eigenvalue weighted by atomic mass is 9.98. The van der Waals surface area contributed by atoms with Crippen LogP contribution in [0, 0.1) is 19.3 Å². The van der Waals surface area contributed by atoms with Gasteiger partial charge in [-0.05, 0) is 75.4 Å². The van der Waals surface area contributed by atoms with Gasteiger partial charge >= 0.3 is 0 Å². The zero-order valence-corrected chi connectivity index (χ0v) is 28.0. The van der Waals surface area contributed by atoms with Crippen molar-refractivity contribution in [3.8, 4) is 5.75 Å². The van der Waals surface area contributed by atoms with Gasteiger partial charge in [0.15, 0.2) is 0 Å². The van der Waals surface area contributed by atoms with Gasteiger partial charge in [-0.2, -0.15) is 0 Å². The van der Waals surface area contributed by atoms with Crippen LogP contribution in [0.1, 0.15) is 69.0 Å². The van der Waals surface area contributed by atoms with E-state index in [4.69, 9.17) is 20.0 Å². The van der Waals surface area contributed by atoms with Crippen LogP contribution in [0.5, 0.6) is 5.75 Å². The second-order valence-corrected chi connectivity index (χ2v) is 10.7. The largest absolute Gasteiger partial charge is 0.497 e. The molecule has 0 aliphatic carbocycles. The van der Waals surface area contributed by atoms with Gasteiger partial charge in [-0.15, -0.1) is 0 Å². The smallest absolute Gasteiger partial charge is 0.233 e. The first-order chi connectivity index (χ1) is 20.8. The van der Waals surface area contributed by atoms with Crippen LogP contribution >= 0.6 is 0 Å². The summed E-state index contributed by atoms with van der Waals surface area (Å²) in [6, 6.07) is 7.17. The maximum Gasteiger partial charge on any atom is 0.233 e. The van der Waals surface area contributed by atoms with E-state index in [1.807, 2.05) is 52.0 Å². The van der Waals surface area contributed by atoms with Gasteiger partial charge in [-0.25, -0.2) is 4.98 Å². The predicted molar refractivity (Wildman–Crippen MR) is 181 cm³/mol. The van der Waals surface area contributed by atoms with Crippen molar-refractivity contribution in [1.29, 1.82) is 5.41 Å². The Labute approximate surface area is 264 Å². The fourth-order valence-electron chi connectivity index (χ4n) is 4.07. The molecule has 1 atom stereocenters. The topological polar surface area (TPSA) is 125 Å². The van der Waals surface area contributed by atoms with Crippen LogP contribution in [0.4, 0.5) is 5.82 Å². The van der Waals surface area contributed by atoms with E-state index in [1.54, 1.807) is 46.1 Å². The van der Waals surface area contributed by atoms with Crippen LogP contribution in [0.3, 0.4) is 0 Å². The number of methoxy groups -OCH3 is 2. The number of amides is 2. The first kappa shape index (κ1) is 39.9. The molecule has 2 amide bonds. The van der Waals surface area contributed by atoms with E-state index < -0.39 is 11.6 Å². The zero-order valence-electron chi connectivity index (χ0n) is 28.0. The molecule has 0 radical (unpaired) electrons. The van der Waals surface area contributed by atoms with Crippen molar-refractivity contribution < 1.29 is 24.2 Å². The monoisotopic (exact) mass is 608 g/mol. The van der Waals surface area contributed by atoms with Gasteiger partial charge in [0.2, 0.25) is 12.3 Å². The third-order valence-electron chi connectivity index (χ3n) is 6.14. The van der Waals surface area contributed by atoms with Gasteiger partial charge in [0.05, 0.1) is 31.8 Å². The van der Waals surface area contributed by atoms with Gasteiger partial charge in [-0.1, -0.05) is 57.4 Å². The molecule has 1 aromatic carbocycles. The molecule has 2 aromatic rings. The number of imide groups is 1. The number of hydrogen-bond donors (Lipinski definition) is 3. The summed E-state index contributed by atoms with van der Waals surface area (Å²) in [5.41, 5.74) is 4.07. The molecule has 1 unspecified atom stereocenters. The van der Waals surface area contributed by atoms with Gasteiger partial charge in [0, 0.05) is 31.1 Å². The molecule has 2 rings (SSSR count). The minimum absolute atomic E-state index is 0.0299. The number of nitrogens with zero attached hydrogens (tertiary/aromatic N) is 2. The molecule has 9 nitrogen and oxygen atoms in total. The summed E-state index contributed by atoms with van der Waals surface area (Å²) in [6.45, 7) is 21.1. The SMILES string of the molecule is C=C/C=C(\C=C)CC(COC)N(C=O)C(=O)Cc1c(C)nc(NCc2ccc(OC)cc2)c(C=N)c1C.CC.CC(C)(C)O. The van der Waals surface area contributed by atoms with Gasteiger partial charge in [-0.3, -0.25) is 14.5 Å². The van der Waals surface area contributed by atoms with Gasteiger partial charge in [0.25, 0.3) is 0 Å². The fourth-order valence-corrected chi connectivity index (χ4v) is 4.07. The highest BCUT2D eigenvalue weighted by molar-refractivity contribution is 5.91. The molecule has 0 saturated carbocycles. The molecule has 1 heterocycles. The number of benzene rings is 1. The summed E-state index contributed by atoms with van der Waals surface area (Å²) < 4.78 is 10.5. The average molecular weight is 609 g/mol. The fraction of sp³-hybridized carbons (Fsp3) is 0.429. The highest BCUT2D eigenvalue weighted by Crippen LogP contribution is 2.25. The number of allylic oxidation sites excluding steroid dienone is 3. The number of ether oxygens (including phenoxy) is 2. The molecule has 0 aliphatic heterocycles. The average Bonchev–Trinajstić information content (AvgIpc) is 2.98. The molecule has 0 aliphatic rings. The highest BCUT2D eigenvalue weighted by Gasteiger charge is 2.26. The highest BCUT2D eigenvalue weighted by atomic mass is 16.5. The van der Waals surface area contributed by atoms with Crippen LogP contribution in [0.2, 0.25) is 0 Å². The van der Waals surface area contributed by atoms with E-state index in [0.29, 0.717) is 42.0 Å². The molecule has 44 heavy (non-hydrogen) atoms. The molecule has 0 spiro atoms. The number of carbonyl (C=O) groups is 2. The number of anilines is 1. The molecule has 0 fully saturated rings. The van der Waals surface area contributed by atoms with E-state index in [9.17, 15) is 9.59 Å². The number of carbonyl (C=O) groups excluding carboxylic acids is 2. The summed E-state index contributed by atoms with van der Waals surface area (Å²) in [4.78, 5) is 31.1. The van der Waals surface area contributed by atoms with Gasteiger partial charge in [0.1, 0.15) is 11.6 Å². The van der Waals surface area contributed by atoms with Crippen molar-refractivity contribution in [2.45, 2.75) is 79.5 Å². The second kappa shape index (κ2) is 20.8. The van der Waals surface area contributed by atoms with E-state index in [2.05, 4.69) is 23.5 Å². The first-order valence-corrected chi connectivity index (χ1v) is 14.6. The van der Waals surface area contributed by atoms with Crippen LogP contribution in [0.15, 0.2) is 61.2 Å². The Balaban J connectivity index is 0.00000239. The minimum Gasteiger partial charge on any atom is -0.497 e. The zero-order chi connectivity index (χ0) is 33.9. The Kier molecular flexibility index (Phi) is 18.8. The number of aryl methyl sites for hydroxylation is 1. The Bertz CT molecular complexity index is 1240. The molecule has 0 saturated heterocycles. The van der Waals surface area contributed by atoms with Crippen LogP contribution < -0.4 is 10.1 Å². The van der Waals surface area contributed by atoms with Crippen LogP contribution in [-0.4, -0.2) is 66.0 Å². The summed E-state index contributed by atoms with van der Waals surface area (Å²) in [6.07, 6.45) is 7.23. The quantitative estimate of drug-likeness (QED) is 0.122. The molecule has 9 heteroatoms. The number of hydrogen-bond acceptors (Lipinski definition) is 8. The predicted octanol–water partition coefficient (Wildman–Crippen LogP) is 6.35. The van der Waals surface area contributed by atoms with Crippen LogP contribution in [-0.2, 0) is 27.3 Å². The normalized spacial score (nSPS) is 11.5. The number of pyridine rings is 1. The summed E-state index contributed by atoms with van der Waals surface area (Å²) >= 11 is 0. The Morgan fingerprint density at radius 2 is 1.75 bits per heavy atom. The lowest BCUT2D eigenvalue weighted by Crippen LogP contribution is -2.43. The minimum atomic E-state index is -0.500. The first-order valence-electron chi connectivity index (χ1n) is 14.6. The molecule has 0 bridgehead atoms. The van der Waals surface area contributed by atoms with Gasteiger partial charge < -0.3 is 25.3 Å². The number of aromatic nitrogens is 1. The second-order valence-electron chi connectivity index (χ2n) is 10.7. The van der Waals surface area contributed by atoms with Crippen LogP contribution in [0.25, 0.3) is 0 Å². The molecular formula is C35H52N4O5. The summed E-state index contributed by atoms with van der Waals surface area (Å²) in [5.74, 6) is 0.964. The van der Waals surface area contributed by atoms with E-state index in [0.717, 1.165) is 22.4 Å². The molecular weight excluding hydrogens is 556 g/mol. The Morgan fingerprint density at radius 1 is 1.16 bits per heavy atom. The van der Waals surface area contributed by atoms with Crippen molar-refractivity contribution in [1.82, 2.24) is 9.88 Å². The van der Waals surface area contributed by atoms with E-state index in [-0.39, 0.29) is 18.9 Å². The van der Waals surface area contributed by atoms with Crippen molar-refractivity contribution in [2.75, 3.05) is 26.1 Å². The number of aliphatic hydroxyl groups is 1. The molecule has 242 valence electrons. The lowest BCUT2D eigenvalue weighted by molar-refractivity contribution is -0.141. The maximum absolute atomic E-state index is 13.3. The van der Waals surface area contributed by atoms with Crippen molar-refractivity contribution >= 4 is 24.3 Å². The molecule has 3 N–H and O–H groups in total. The number of rotatable bonds is 15.